The monoisotopic (exact) mass is 352 g/mol. The average Bonchev–Trinajstić information content (AvgIpc) is 2.20. The summed E-state index contributed by atoms with van der Waals surface area (Å²) in [5, 5.41) is 0. The van der Waals surface area contributed by atoms with Crippen LogP contribution in [-0.2, 0) is 20.0 Å². The molecular formula is C12H28Hf. The first kappa shape index (κ1) is 13.9. The molecule has 0 aromatic carbocycles. The maximum atomic E-state index is 2.47. The van der Waals surface area contributed by atoms with Crippen LogP contribution in [0.15, 0.2) is 0 Å². The zero-order valence-electron chi connectivity index (χ0n) is 10.2. The number of hydrogen-bond donors (Lipinski definition) is 0. The van der Waals surface area contributed by atoms with Gasteiger partial charge in [-0.3, -0.25) is 0 Å². The summed E-state index contributed by atoms with van der Waals surface area (Å²) in [5.74, 6) is 0. The summed E-state index contributed by atoms with van der Waals surface area (Å²) >= 11 is -1.67. The van der Waals surface area contributed by atoms with E-state index in [9.17, 15) is 0 Å². The van der Waals surface area contributed by atoms with Crippen LogP contribution in [0.3, 0.4) is 0 Å². The van der Waals surface area contributed by atoms with Crippen LogP contribution in [0.1, 0.15) is 53.4 Å². The van der Waals surface area contributed by atoms with Crippen molar-refractivity contribution in [2.45, 2.75) is 70.1 Å². The second-order valence-electron chi connectivity index (χ2n) is 4.41. The summed E-state index contributed by atoms with van der Waals surface area (Å²) in [4.78, 5) is 0. The molecule has 0 rings (SSSR count). The molecule has 0 aromatic heterocycles. The van der Waals surface area contributed by atoms with E-state index in [2.05, 4.69) is 27.7 Å². The SMILES string of the molecule is CCC[CH2][Hf]([CH2]C)([CH2]C)[CH2]CCC. The van der Waals surface area contributed by atoms with E-state index in [4.69, 9.17) is 0 Å². The number of unbranched alkanes of at least 4 members (excludes halogenated alkanes) is 2. The van der Waals surface area contributed by atoms with Gasteiger partial charge in [-0.05, 0) is 0 Å². The van der Waals surface area contributed by atoms with Crippen molar-refractivity contribution in [3.8, 4) is 0 Å². The molecule has 0 N–H and O–H groups in total. The van der Waals surface area contributed by atoms with Crippen LogP contribution in [0.5, 0.6) is 0 Å². The molecule has 0 aliphatic heterocycles. The van der Waals surface area contributed by atoms with Crippen molar-refractivity contribution < 1.29 is 20.0 Å². The predicted octanol–water partition coefficient (Wildman–Crippen LogP) is 5.45. The number of hydrogen-bond acceptors (Lipinski definition) is 0. The average molecular weight is 351 g/mol. The van der Waals surface area contributed by atoms with E-state index in [1.54, 1.807) is 16.7 Å². The maximum absolute atomic E-state index is 2.47. The summed E-state index contributed by atoms with van der Waals surface area (Å²) < 4.78 is 6.56. The molecule has 80 valence electrons. The predicted molar refractivity (Wildman–Crippen MR) is 60.4 cm³/mol. The van der Waals surface area contributed by atoms with Crippen molar-refractivity contribution in [3.05, 3.63) is 0 Å². The summed E-state index contributed by atoms with van der Waals surface area (Å²) in [5.41, 5.74) is 0. The first-order chi connectivity index (χ1) is 6.24. The zero-order chi connectivity index (χ0) is 10.2. The van der Waals surface area contributed by atoms with Gasteiger partial charge >= 0.3 is 90.1 Å². The van der Waals surface area contributed by atoms with Gasteiger partial charge in [0.2, 0.25) is 0 Å². The molecule has 0 saturated heterocycles. The van der Waals surface area contributed by atoms with Gasteiger partial charge < -0.3 is 0 Å². The normalized spacial score (nSPS) is 12.0. The Kier molecular flexibility index (Phi) is 8.75. The molecule has 0 saturated carbocycles. The van der Waals surface area contributed by atoms with Gasteiger partial charge in [0.25, 0.3) is 0 Å². The van der Waals surface area contributed by atoms with Crippen molar-refractivity contribution in [1.82, 2.24) is 0 Å². The van der Waals surface area contributed by atoms with Crippen LogP contribution in [0.2, 0.25) is 16.7 Å². The van der Waals surface area contributed by atoms with Crippen LogP contribution >= 0.6 is 0 Å². The van der Waals surface area contributed by atoms with E-state index in [0.29, 0.717) is 0 Å². The molecule has 0 heterocycles. The van der Waals surface area contributed by atoms with Gasteiger partial charge in [-0.2, -0.15) is 0 Å². The summed E-state index contributed by atoms with van der Waals surface area (Å²) in [6, 6.07) is 0. The molecule has 0 nitrogen and oxygen atoms in total. The van der Waals surface area contributed by atoms with E-state index < -0.39 is 20.0 Å². The van der Waals surface area contributed by atoms with Gasteiger partial charge in [-0.25, -0.2) is 0 Å². The van der Waals surface area contributed by atoms with Crippen LogP contribution in [0, 0.1) is 0 Å². The molecule has 0 aromatic rings. The van der Waals surface area contributed by atoms with E-state index in [1.165, 1.54) is 25.7 Å². The first-order valence-corrected chi connectivity index (χ1v) is 16.4. The summed E-state index contributed by atoms with van der Waals surface area (Å²) in [7, 11) is 0. The number of rotatable bonds is 8. The fourth-order valence-corrected chi connectivity index (χ4v) is 17.9. The Balaban J connectivity index is 3.97. The van der Waals surface area contributed by atoms with Gasteiger partial charge in [0, 0.05) is 0 Å². The van der Waals surface area contributed by atoms with Crippen LogP contribution < -0.4 is 0 Å². The molecule has 13 heavy (non-hydrogen) atoms. The second-order valence-corrected chi connectivity index (χ2v) is 23.9. The Morgan fingerprint density at radius 1 is 0.692 bits per heavy atom. The third kappa shape index (κ3) is 5.34. The fourth-order valence-electron chi connectivity index (χ4n) is 2.19. The van der Waals surface area contributed by atoms with Crippen molar-refractivity contribution in [2.75, 3.05) is 0 Å². The van der Waals surface area contributed by atoms with E-state index >= 15 is 0 Å². The summed E-state index contributed by atoms with van der Waals surface area (Å²) in [6.07, 6.45) is 5.86. The van der Waals surface area contributed by atoms with Crippen LogP contribution in [0.4, 0.5) is 0 Å². The van der Waals surface area contributed by atoms with Crippen molar-refractivity contribution >= 4 is 0 Å². The minimum atomic E-state index is -1.67. The fraction of sp³-hybridized carbons (Fsp3) is 1.00. The first-order valence-electron chi connectivity index (χ1n) is 6.24. The molecule has 0 aliphatic rings. The van der Waals surface area contributed by atoms with Gasteiger partial charge in [-0.15, -0.1) is 0 Å². The standard InChI is InChI=1S/2C4H9.2C2H5.Hf/c2*1-3-4-2;2*1-2;/h2*1,3-4H2,2H3;2*1H2,2H3;. The Bertz CT molecular complexity index is 95.7. The Hall–Kier alpha value is 0.870. The van der Waals surface area contributed by atoms with Crippen molar-refractivity contribution in [2.24, 2.45) is 0 Å². The molecule has 0 amide bonds. The quantitative estimate of drug-likeness (QED) is 0.510. The van der Waals surface area contributed by atoms with Crippen LogP contribution in [-0.4, -0.2) is 0 Å². The van der Waals surface area contributed by atoms with Crippen molar-refractivity contribution in [1.29, 1.82) is 0 Å². The van der Waals surface area contributed by atoms with E-state index in [1.807, 2.05) is 0 Å². The molecular weight excluding hydrogens is 323 g/mol. The summed E-state index contributed by atoms with van der Waals surface area (Å²) in [6.45, 7) is 9.61. The third-order valence-electron chi connectivity index (χ3n) is 3.62. The molecule has 0 aliphatic carbocycles. The van der Waals surface area contributed by atoms with Crippen molar-refractivity contribution in [3.63, 3.8) is 0 Å². The van der Waals surface area contributed by atoms with Gasteiger partial charge in [0.15, 0.2) is 0 Å². The Morgan fingerprint density at radius 2 is 1.08 bits per heavy atom. The minimum absolute atomic E-state index is 1.41. The van der Waals surface area contributed by atoms with Crippen LogP contribution in [0.25, 0.3) is 0 Å². The molecule has 0 unspecified atom stereocenters. The topological polar surface area (TPSA) is 0 Å². The van der Waals surface area contributed by atoms with Gasteiger partial charge in [0.1, 0.15) is 0 Å². The van der Waals surface area contributed by atoms with Gasteiger partial charge in [0.05, 0.1) is 0 Å². The molecule has 1 heteroatoms. The molecule has 0 radical (unpaired) electrons. The molecule has 0 atom stereocenters. The Morgan fingerprint density at radius 3 is 1.31 bits per heavy atom. The second kappa shape index (κ2) is 8.20. The molecule has 0 spiro atoms. The third-order valence-corrected chi connectivity index (χ3v) is 24.6. The van der Waals surface area contributed by atoms with Gasteiger partial charge in [-0.1, -0.05) is 0 Å². The molecule has 0 fully saturated rings. The Labute approximate surface area is 89.8 Å². The van der Waals surface area contributed by atoms with E-state index in [-0.39, 0.29) is 0 Å². The molecule has 0 bridgehead atoms. The van der Waals surface area contributed by atoms with E-state index in [0.717, 1.165) is 0 Å². The zero-order valence-corrected chi connectivity index (χ0v) is 13.7.